The van der Waals surface area contributed by atoms with Crippen LogP contribution in [-0.2, 0) is 0 Å². The van der Waals surface area contributed by atoms with Crippen LogP contribution in [0.25, 0.3) is 0 Å². The molecule has 0 aliphatic heterocycles. The highest BCUT2D eigenvalue weighted by atomic mass is 15.2. The van der Waals surface area contributed by atoms with Gasteiger partial charge in [0.25, 0.3) is 0 Å². The zero-order valence-corrected chi connectivity index (χ0v) is 11.8. The molecule has 98 valence electrons. The van der Waals surface area contributed by atoms with Crippen LogP contribution >= 0.6 is 0 Å². The van der Waals surface area contributed by atoms with Crippen LogP contribution in [0.3, 0.4) is 0 Å². The SMILES string of the molecule is CCNC(C#N)(CN(C)CCC(C)C)C1CC1. The van der Waals surface area contributed by atoms with E-state index in [1.165, 1.54) is 19.3 Å². The monoisotopic (exact) mass is 237 g/mol. The van der Waals surface area contributed by atoms with Crippen LogP contribution in [0.15, 0.2) is 0 Å². The maximum absolute atomic E-state index is 9.51. The summed E-state index contributed by atoms with van der Waals surface area (Å²) in [6.45, 7) is 9.39. The fourth-order valence-corrected chi connectivity index (χ4v) is 2.37. The molecule has 0 saturated heterocycles. The van der Waals surface area contributed by atoms with E-state index in [1.54, 1.807) is 0 Å². The maximum atomic E-state index is 9.51. The molecule has 0 bridgehead atoms. The predicted molar refractivity (Wildman–Crippen MR) is 71.7 cm³/mol. The van der Waals surface area contributed by atoms with Crippen molar-refractivity contribution in [3.05, 3.63) is 0 Å². The Morgan fingerprint density at radius 1 is 1.47 bits per heavy atom. The minimum atomic E-state index is -0.305. The number of nitrogens with zero attached hydrogens (tertiary/aromatic N) is 2. The Kier molecular flexibility index (Phi) is 5.42. The van der Waals surface area contributed by atoms with Gasteiger partial charge in [-0.25, -0.2) is 0 Å². The van der Waals surface area contributed by atoms with Crippen LogP contribution in [0.2, 0.25) is 0 Å². The van der Waals surface area contributed by atoms with Crippen molar-refractivity contribution < 1.29 is 0 Å². The van der Waals surface area contributed by atoms with Crippen molar-refractivity contribution in [2.45, 2.75) is 45.6 Å². The van der Waals surface area contributed by atoms with Crippen LogP contribution in [0.4, 0.5) is 0 Å². The highest BCUT2D eigenvalue weighted by molar-refractivity contribution is 5.16. The van der Waals surface area contributed by atoms with Crippen molar-refractivity contribution in [2.75, 3.05) is 26.7 Å². The molecule has 1 unspecified atom stereocenters. The third-order valence-electron chi connectivity index (χ3n) is 3.57. The second kappa shape index (κ2) is 6.37. The summed E-state index contributed by atoms with van der Waals surface area (Å²) in [4.78, 5) is 2.31. The van der Waals surface area contributed by atoms with Crippen LogP contribution in [-0.4, -0.2) is 37.1 Å². The summed E-state index contributed by atoms with van der Waals surface area (Å²) in [5.74, 6) is 1.29. The average Bonchev–Trinajstić information content (AvgIpc) is 3.09. The van der Waals surface area contributed by atoms with E-state index < -0.39 is 0 Å². The van der Waals surface area contributed by atoms with Crippen LogP contribution in [0.5, 0.6) is 0 Å². The van der Waals surface area contributed by atoms with E-state index in [1.807, 2.05) is 0 Å². The molecule has 0 radical (unpaired) electrons. The standard InChI is InChI=1S/C14H27N3/c1-5-16-14(10-15,13-6-7-13)11-17(4)9-8-12(2)3/h12-13,16H,5-9,11H2,1-4H3. The lowest BCUT2D eigenvalue weighted by atomic mass is 9.94. The number of likely N-dealkylation sites (N-methyl/N-ethyl adjacent to an activating group) is 2. The topological polar surface area (TPSA) is 39.1 Å². The van der Waals surface area contributed by atoms with E-state index in [2.05, 4.69) is 44.1 Å². The van der Waals surface area contributed by atoms with Gasteiger partial charge in [-0.05, 0) is 51.2 Å². The van der Waals surface area contributed by atoms with Crippen molar-refractivity contribution in [3.63, 3.8) is 0 Å². The summed E-state index contributed by atoms with van der Waals surface area (Å²) in [7, 11) is 2.13. The largest absolute Gasteiger partial charge is 0.303 e. The highest BCUT2D eigenvalue weighted by Crippen LogP contribution is 2.39. The van der Waals surface area contributed by atoms with Gasteiger partial charge >= 0.3 is 0 Å². The molecule has 1 aliphatic rings. The van der Waals surface area contributed by atoms with Gasteiger partial charge in [0.2, 0.25) is 0 Å². The normalized spacial score (nSPS) is 19.4. The number of nitrogens with one attached hydrogen (secondary N) is 1. The minimum absolute atomic E-state index is 0.305. The molecule has 0 heterocycles. The fourth-order valence-electron chi connectivity index (χ4n) is 2.37. The van der Waals surface area contributed by atoms with Crippen molar-refractivity contribution in [3.8, 4) is 6.07 Å². The second-order valence-electron chi connectivity index (χ2n) is 5.81. The van der Waals surface area contributed by atoms with Gasteiger partial charge in [0.15, 0.2) is 0 Å². The zero-order chi connectivity index (χ0) is 12.9. The fraction of sp³-hybridized carbons (Fsp3) is 0.929. The summed E-state index contributed by atoms with van der Waals surface area (Å²) < 4.78 is 0. The first-order valence-electron chi connectivity index (χ1n) is 6.89. The zero-order valence-electron chi connectivity index (χ0n) is 11.8. The van der Waals surface area contributed by atoms with Gasteiger partial charge in [0.1, 0.15) is 5.54 Å². The van der Waals surface area contributed by atoms with Gasteiger partial charge in [-0.1, -0.05) is 20.8 Å². The van der Waals surface area contributed by atoms with Crippen molar-refractivity contribution in [2.24, 2.45) is 11.8 Å². The average molecular weight is 237 g/mol. The predicted octanol–water partition coefficient (Wildman–Crippen LogP) is 2.25. The first-order valence-corrected chi connectivity index (χ1v) is 6.89. The third-order valence-corrected chi connectivity index (χ3v) is 3.57. The van der Waals surface area contributed by atoms with Crippen molar-refractivity contribution >= 4 is 0 Å². The Hall–Kier alpha value is -0.590. The number of nitriles is 1. The maximum Gasteiger partial charge on any atom is 0.122 e. The molecule has 0 aromatic heterocycles. The number of rotatable bonds is 8. The lowest BCUT2D eigenvalue weighted by molar-refractivity contribution is 0.222. The van der Waals surface area contributed by atoms with Crippen LogP contribution < -0.4 is 5.32 Å². The number of hydrogen-bond acceptors (Lipinski definition) is 3. The summed E-state index contributed by atoms with van der Waals surface area (Å²) in [5.41, 5.74) is -0.305. The van der Waals surface area contributed by atoms with Gasteiger partial charge in [-0.15, -0.1) is 0 Å². The smallest absolute Gasteiger partial charge is 0.122 e. The summed E-state index contributed by atoms with van der Waals surface area (Å²) >= 11 is 0. The van der Waals surface area contributed by atoms with E-state index >= 15 is 0 Å². The Morgan fingerprint density at radius 3 is 2.53 bits per heavy atom. The molecule has 0 amide bonds. The van der Waals surface area contributed by atoms with Crippen molar-refractivity contribution in [1.29, 1.82) is 5.26 Å². The summed E-state index contributed by atoms with van der Waals surface area (Å²) in [6, 6.07) is 2.54. The molecule has 1 aliphatic carbocycles. The number of hydrogen-bond donors (Lipinski definition) is 1. The lowest BCUT2D eigenvalue weighted by Crippen LogP contribution is -2.53. The molecule has 0 aromatic carbocycles. The van der Waals surface area contributed by atoms with E-state index in [9.17, 15) is 5.26 Å². The molecule has 1 rings (SSSR count). The van der Waals surface area contributed by atoms with Gasteiger partial charge < -0.3 is 4.90 Å². The van der Waals surface area contributed by atoms with E-state index in [4.69, 9.17) is 0 Å². The van der Waals surface area contributed by atoms with Gasteiger partial charge in [-0.3, -0.25) is 5.32 Å². The van der Waals surface area contributed by atoms with Gasteiger partial charge in [0.05, 0.1) is 6.07 Å². The first kappa shape index (κ1) is 14.5. The van der Waals surface area contributed by atoms with E-state index in [0.29, 0.717) is 5.92 Å². The first-order chi connectivity index (χ1) is 8.04. The Bertz CT molecular complexity index is 265. The minimum Gasteiger partial charge on any atom is -0.303 e. The summed E-state index contributed by atoms with van der Waals surface area (Å²) in [6.07, 6.45) is 3.62. The molecule has 1 N–H and O–H groups in total. The lowest BCUT2D eigenvalue weighted by Gasteiger charge is -2.32. The van der Waals surface area contributed by atoms with Crippen LogP contribution in [0.1, 0.15) is 40.0 Å². The molecule has 1 atom stereocenters. The summed E-state index contributed by atoms with van der Waals surface area (Å²) in [5, 5.41) is 12.9. The second-order valence-corrected chi connectivity index (χ2v) is 5.81. The van der Waals surface area contributed by atoms with E-state index in [-0.39, 0.29) is 5.54 Å². The third kappa shape index (κ3) is 4.29. The molecule has 1 saturated carbocycles. The van der Waals surface area contributed by atoms with E-state index in [0.717, 1.165) is 25.6 Å². The molecule has 0 spiro atoms. The Labute approximate surface area is 106 Å². The molecular formula is C14H27N3. The quantitative estimate of drug-likeness (QED) is 0.704. The molecular weight excluding hydrogens is 210 g/mol. The molecule has 17 heavy (non-hydrogen) atoms. The van der Waals surface area contributed by atoms with Crippen molar-refractivity contribution in [1.82, 2.24) is 10.2 Å². The molecule has 0 aromatic rings. The van der Waals surface area contributed by atoms with Gasteiger partial charge in [0, 0.05) is 6.54 Å². The van der Waals surface area contributed by atoms with Crippen LogP contribution in [0, 0.1) is 23.2 Å². The highest BCUT2D eigenvalue weighted by Gasteiger charge is 2.45. The molecule has 1 fully saturated rings. The Morgan fingerprint density at radius 2 is 2.12 bits per heavy atom. The molecule has 3 nitrogen and oxygen atoms in total. The van der Waals surface area contributed by atoms with Gasteiger partial charge in [-0.2, -0.15) is 5.26 Å². The Balaban J connectivity index is 2.51. The molecule has 3 heteroatoms.